The summed E-state index contributed by atoms with van der Waals surface area (Å²) in [7, 11) is 0. The summed E-state index contributed by atoms with van der Waals surface area (Å²) < 4.78 is 0. The number of halogens is 1. The molecule has 2 aromatic carbocycles. The van der Waals surface area contributed by atoms with Crippen molar-refractivity contribution in [3.05, 3.63) is 69.2 Å². The second-order valence-corrected chi connectivity index (χ2v) is 5.87. The van der Waals surface area contributed by atoms with Gasteiger partial charge >= 0.3 is 0 Å². The molecule has 0 radical (unpaired) electrons. The van der Waals surface area contributed by atoms with Gasteiger partial charge in [-0.05, 0) is 43.2 Å². The maximum absolute atomic E-state index is 12.3. The third kappa shape index (κ3) is 2.48. The van der Waals surface area contributed by atoms with Gasteiger partial charge < -0.3 is 0 Å². The molecule has 4 heteroatoms. The van der Waals surface area contributed by atoms with Gasteiger partial charge in [-0.25, -0.2) is 4.99 Å². The van der Waals surface area contributed by atoms with Crippen molar-refractivity contribution >= 4 is 28.9 Å². The number of carbonyl (C=O) groups is 2. The largest absolute Gasteiger partial charge is 0.299 e. The quantitative estimate of drug-likeness (QED) is 0.798. The smallest absolute Gasteiger partial charge is 0.261 e. The summed E-state index contributed by atoms with van der Waals surface area (Å²) in [5.74, 6) is -1.50. The summed E-state index contributed by atoms with van der Waals surface area (Å²) in [6, 6.07) is 12.9. The van der Waals surface area contributed by atoms with Crippen molar-refractivity contribution in [2.75, 3.05) is 0 Å². The van der Waals surface area contributed by atoms with Crippen LogP contribution in [0.15, 0.2) is 47.5 Å². The molecule has 2 aromatic rings. The van der Waals surface area contributed by atoms with E-state index in [4.69, 9.17) is 11.6 Å². The first-order valence-corrected chi connectivity index (χ1v) is 7.35. The molecule has 0 spiro atoms. The Kier molecular flexibility index (Phi) is 3.67. The molecule has 3 nitrogen and oxygen atoms in total. The molecule has 1 atom stereocenters. The van der Waals surface area contributed by atoms with Gasteiger partial charge in [0.25, 0.3) is 5.91 Å². The van der Waals surface area contributed by atoms with Gasteiger partial charge in [-0.15, -0.1) is 0 Å². The summed E-state index contributed by atoms with van der Waals surface area (Å²) in [6.07, 6.45) is 0. The summed E-state index contributed by atoms with van der Waals surface area (Å²) in [4.78, 5) is 28.4. The van der Waals surface area contributed by atoms with Crippen LogP contribution in [-0.4, -0.2) is 11.7 Å². The van der Waals surface area contributed by atoms with Gasteiger partial charge in [0.05, 0.1) is 5.36 Å². The lowest BCUT2D eigenvalue weighted by Gasteiger charge is -2.19. The van der Waals surface area contributed by atoms with Gasteiger partial charge in [-0.2, -0.15) is 0 Å². The van der Waals surface area contributed by atoms with E-state index in [1.807, 2.05) is 31.2 Å². The fourth-order valence-corrected chi connectivity index (χ4v) is 2.89. The van der Waals surface area contributed by atoms with Crippen molar-refractivity contribution in [2.24, 2.45) is 10.9 Å². The summed E-state index contributed by atoms with van der Waals surface area (Å²) in [5.41, 5.74) is 2.64. The number of benzene rings is 2. The van der Waals surface area contributed by atoms with E-state index in [2.05, 4.69) is 4.99 Å². The number of ketones is 1. The van der Waals surface area contributed by atoms with Crippen LogP contribution in [-0.2, 0) is 9.59 Å². The van der Waals surface area contributed by atoms with Crippen LogP contribution in [0.4, 0.5) is 0 Å². The van der Waals surface area contributed by atoms with Crippen LogP contribution < -0.4 is 10.6 Å². The molecule has 0 saturated carbocycles. The average molecular weight is 312 g/mol. The van der Waals surface area contributed by atoms with Gasteiger partial charge in [-0.3, -0.25) is 9.59 Å². The minimum Gasteiger partial charge on any atom is -0.299 e. The number of carbonyl (C=O) groups excluding carboxylic acids is 2. The van der Waals surface area contributed by atoms with Crippen molar-refractivity contribution in [1.82, 2.24) is 0 Å². The van der Waals surface area contributed by atoms with E-state index < -0.39 is 11.8 Å². The number of hydrogen-bond acceptors (Lipinski definition) is 2. The molecule has 0 fully saturated rings. The molecule has 0 N–H and O–H groups in total. The second kappa shape index (κ2) is 5.50. The summed E-state index contributed by atoms with van der Waals surface area (Å²) in [6.45, 7) is 3.41. The first-order chi connectivity index (χ1) is 10.5. The maximum atomic E-state index is 12.3. The molecule has 0 unspecified atom stereocenters. The molecule has 0 saturated heterocycles. The van der Waals surface area contributed by atoms with Gasteiger partial charge in [-0.1, -0.05) is 41.4 Å². The Hall–Kier alpha value is -2.26. The molecule has 0 aromatic heterocycles. The van der Waals surface area contributed by atoms with Crippen LogP contribution in [0, 0.1) is 12.8 Å². The molecule has 110 valence electrons. The van der Waals surface area contributed by atoms with E-state index in [1.54, 1.807) is 18.2 Å². The van der Waals surface area contributed by atoms with Gasteiger partial charge in [0.2, 0.25) is 0 Å². The Morgan fingerprint density at radius 3 is 2.45 bits per heavy atom. The van der Waals surface area contributed by atoms with Crippen molar-refractivity contribution in [2.45, 2.75) is 13.8 Å². The number of fused-ring (bicyclic) bond motifs is 1. The van der Waals surface area contributed by atoms with E-state index in [-0.39, 0.29) is 5.78 Å². The third-order valence-electron chi connectivity index (χ3n) is 3.78. The lowest BCUT2D eigenvalue weighted by Crippen LogP contribution is -2.40. The van der Waals surface area contributed by atoms with Crippen molar-refractivity contribution < 1.29 is 9.59 Å². The molecular weight excluding hydrogens is 298 g/mol. The van der Waals surface area contributed by atoms with E-state index in [9.17, 15) is 9.59 Å². The van der Waals surface area contributed by atoms with Crippen LogP contribution in [0.25, 0.3) is 5.57 Å². The average Bonchev–Trinajstić information content (AvgIpc) is 2.47. The molecule has 0 bridgehead atoms. The summed E-state index contributed by atoms with van der Waals surface area (Å²) in [5, 5.41) is 1.86. The lowest BCUT2D eigenvalue weighted by molar-refractivity contribution is -0.128. The Labute approximate surface area is 133 Å². The van der Waals surface area contributed by atoms with Crippen LogP contribution in [0.5, 0.6) is 0 Å². The highest BCUT2D eigenvalue weighted by molar-refractivity contribution is 6.30. The topological polar surface area (TPSA) is 46.5 Å². The highest BCUT2D eigenvalue weighted by Crippen LogP contribution is 2.25. The number of hydrogen-bond donors (Lipinski definition) is 0. The fourth-order valence-electron chi connectivity index (χ4n) is 2.72. The number of Topliss-reactive ketones (excluding diaryl/α,β-unsaturated/α-hetero) is 1. The maximum Gasteiger partial charge on any atom is 0.261 e. The molecule has 1 aliphatic heterocycles. The van der Waals surface area contributed by atoms with Gasteiger partial charge in [0.1, 0.15) is 11.7 Å². The molecule has 1 heterocycles. The Balaban J connectivity index is 2.42. The molecule has 0 aliphatic carbocycles. The molecular formula is C18H14ClNO2. The molecule has 3 rings (SSSR count). The number of amides is 1. The number of rotatable bonds is 2. The minimum atomic E-state index is -0.867. The Morgan fingerprint density at radius 2 is 1.82 bits per heavy atom. The zero-order chi connectivity index (χ0) is 15.9. The highest BCUT2D eigenvalue weighted by atomic mass is 35.5. The lowest BCUT2D eigenvalue weighted by atomic mass is 9.85. The van der Waals surface area contributed by atoms with E-state index >= 15 is 0 Å². The SMILES string of the molecule is CC(=O)[C@@H]1C(=O)N=c2ccc(Cl)cc2=C1c1ccc(C)cc1. The third-order valence-corrected chi connectivity index (χ3v) is 4.02. The van der Waals surface area contributed by atoms with Crippen LogP contribution in [0.1, 0.15) is 18.1 Å². The monoisotopic (exact) mass is 311 g/mol. The predicted molar refractivity (Wildman–Crippen MR) is 85.1 cm³/mol. The number of aryl methyl sites for hydroxylation is 1. The zero-order valence-electron chi connectivity index (χ0n) is 12.3. The molecule has 1 aliphatic rings. The molecule has 1 amide bonds. The standard InChI is InChI=1S/C18H14ClNO2/c1-10-3-5-12(6-4-10)17-14-9-13(19)7-8-15(14)20-18(22)16(17)11(2)21/h3-9,16H,1-2H3/t16-/m0/s1. The van der Waals surface area contributed by atoms with Crippen LogP contribution in [0.3, 0.4) is 0 Å². The minimum absolute atomic E-state index is 0.213. The van der Waals surface area contributed by atoms with Crippen molar-refractivity contribution in [1.29, 1.82) is 0 Å². The van der Waals surface area contributed by atoms with Crippen LogP contribution in [0.2, 0.25) is 5.02 Å². The fraction of sp³-hybridized carbons (Fsp3) is 0.167. The number of nitrogens with zero attached hydrogens (tertiary/aromatic N) is 1. The van der Waals surface area contributed by atoms with Crippen LogP contribution >= 0.6 is 11.6 Å². The Bertz CT molecular complexity index is 898. The van der Waals surface area contributed by atoms with E-state index in [0.29, 0.717) is 16.0 Å². The highest BCUT2D eigenvalue weighted by Gasteiger charge is 2.31. The van der Waals surface area contributed by atoms with Gasteiger partial charge in [0, 0.05) is 10.2 Å². The van der Waals surface area contributed by atoms with Crippen molar-refractivity contribution in [3.8, 4) is 0 Å². The zero-order valence-corrected chi connectivity index (χ0v) is 13.0. The molecule has 22 heavy (non-hydrogen) atoms. The van der Waals surface area contributed by atoms with E-state index in [1.165, 1.54) is 6.92 Å². The van der Waals surface area contributed by atoms with E-state index in [0.717, 1.165) is 16.3 Å². The normalized spacial score (nSPS) is 17.0. The first-order valence-electron chi connectivity index (χ1n) is 6.97. The second-order valence-electron chi connectivity index (χ2n) is 5.43. The summed E-state index contributed by atoms with van der Waals surface area (Å²) >= 11 is 6.09. The van der Waals surface area contributed by atoms with Crippen molar-refractivity contribution in [3.63, 3.8) is 0 Å². The predicted octanol–water partition coefficient (Wildman–Crippen LogP) is 2.21. The van der Waals surface area contributed by atoms with Gasteiger partial charge in [0.15, 0.2) is 0 Å². The Morgan fingerprint density at radius 1 is 1.14 bits per heavy atom. The first kappa shape index (κ1) is 14.7.